The van der Waals surface area contributed by atoms with Gasteiger partial charge in [-0.3, -0.25) is 14.0 Å². The number of carbonyl (C=O) groups excluding carboxylic acids is 1. The summed E-state index contributed by atoms with van der Waals surface area (Å²) in [5.74, 6) is -0.224. The number of rotatable bonds is 3. The van der Waals surface area contributed by atoms with Gasteiger partial charge >= 0.3 is 0 Å². The average Bonchev–Trinajstić information content (AvgIpc) is 2.93. The Bertz CT molecular complexity index is 852. The molecule has 1 aromatic carbocycles. The van der Waals surface area contributed by atoms with E-state index >= 15 is 0 Å². The Morgan fingerprint density at radius 1 is 1.33 bits per heavy atom. The second-order valence-electron chi connectivity index (χ2n) is 4.64. The fourth-order valence-corrected chi connectivity index (χ4v) is 2.84. The number of nitrogens with one attached hydrogen (secondary N) is 1. The second kappa shape index (κ2) is 5.49. The van der Waals surface area contributed by atoms with Gasteiger partial charge in [0.15, 0.2) is 4.96 Å². The van der Waals surface area contributed by atoms with Crippen LogP contribution in [0.2, 0.25) is 0 Å². The van der Waals surface area contributed by atoms with Gasteiger partial charge in [-0.25, -0.2) is 4.98 Å². The van der Waals surface area contributed by atoms with Crippen LogP contribution < -0.4 is 10.9 Å². The third-order valence-electron chi connectivity index (χ3n) is 3.12. The topological polar surface area (TPSA) is 63.5 Å². The number of hydrogen-bond acceptors (Lipinski definition) is 4. The van der Waals surface area contributed by atoms with Crippen molar-refractivity contribution in [3.63, 3.8) is 0 Å². The van der Waals surface area contributed by atoms with Crippen LogP contribution in [0.15, 0.2) is 46.7 Å². The quantitative estimate of drug-likeness (QED) is 0.806. The molecule has 2 heterocycles. The third-order valence-corrected chi connectivity index (χ3v) is 3.88. The minimum Gasteiger partial charge on any atom is -0.320 e. The predicted octanol–water partition coefficient (Wildman–Crippen LogP) is 2.25. The number of hydrogen-bond donors (Lipinski definition) is 1. The maximum Gasteiger partial charge on any atom is 0.282 e. The lowest BCUT2D eigenvalue weighted by Gasteiger charge is -2.07. The van der Waals surface area contributed by atoms with E-state index in [1.54, 1.807) is 18.5 Å². The van der Waals surface area contributed by atoms with Crippen LogP contribution in [0.5, 0.6) is 0 Å². The summed E-state index contributed by atoms with van der Waals surface area (Å²) in [5.41, 5.74) is 1.42. The van der Waals surface area contributed by atoms with Gasteiger partial charge in [-0.15, -0.1) is 11.3 Å². The maximum atomic E-state index is 12.3. The predicted molar refractivity (Wildman–Crippen MR) is 82.9 cm³/mol. The smallest absolute Gasteiger partial charge is 0.282 e. The van der Waals surface area contributed by atoms with Crippen LogP contribution in [0, 0.1) is 6.92 Å². The standard InChI is InChI=1S/C15H13N3O2S/c1-10-13(14(20)18-7-8-21-15(18)16-10)17-12(19)9-11-5-3-2-4-6-11/h2-8H,9H2,1H3,(H,17,19). The minimum absolute atomic E-state index is 0.224. The number of aryl methyl sites for hydroxylation is 1. The summed E-state index contributed by atoms with van der Waals surface area (Å²) < 4.78 is 1.44. The number of benzene rings is 1. The molecule has 0 bridgehead atoms. The Balaban J connectivity index is 1.88. The molecule has 2 aromatic heterocycles. The van der Waals surface area contributed by atoms with E-state index in [0.29, 0.717) is 10.7 Å². The minimum atomic E-state index is -0.250. The summed E-state index contributed by atoms with van der Waals surface area (Å²) in [6.45, 7) is 1.72. The lowest BCUT2D eigenvalue weighted by Crippen LogP contribution is -2.25. The summed E-state index contributed by atoms with van der Waals surface area (Å²) in [4.78, 5) is 29.3. The Morgan fingerprint density at radius 3 is 2.86 bits per heavy atom. The monoisotopic (exact) mass is 299 g/mol. The highest BCUT2D eigenvalue weighted by molar-refractivity contribution is 7.15. The highest BCUT2D eigenvalue weighted by atomic mass is 32.1. The van der Waals surface area contributed by atoms with Gasteiger partial charge in [0.25, 0.3) is 5.56 Å². The maximum absolute atomic E-state index is 12.3. The van der Waals surface area contributed by atoms with Crippen molar-refractivity contribution in [1.82, 2.24) is 9.38 Å². The number of fused-ring (bicyclic) bond motifs is 1. The van der Waals surface area contributed by atoms with Gasteiger partial charge in [-0.05, 0) is 12.5 Å². The second-order valence-corrected chi connectivity index (χ2v) is 5.52. The summed E-state index contributed by atoms with van der Waals surface area (Å²) in [6.07, 6.45) is 1.88. The molecule has 0 aliphatic rings. The fraction of sp³-hybridized carbons (Fsp3) is 0.133. The molecule has 6 heteroatoms. The van der Waals surface area contributed by atoms with Gasteiger partial charge in [-0.1, -0.05) is 30.3 Å². The van der Waals surface area contributed by atoms with E-state index in [1.165, 1.54) is 15.7 Å². The molecule has 0 fully saturated rings. The largest absolute Gasteiger partial charge is 0.320 e. The molecule has 5 nitrogen and oxygen atoms in total. The zero-order valence-electron chi connectivity index (χ0n) is 11.4. The Hall–Kier alpha value is -2.47. The molecule has 0 spiro atoms. The Labute approximate surface area is 124 Å². The molecule has 0 unspecified atom stereocenters. The van der Waals surface area contributed by atoms with Crippen molar-refractivity contribution in [3.8, 4) is 0 Å². The zero-order chi connectivity index (χ0) is 14.8. The highest BCUT2D eigenvalue weighted by Gasteiger charge is 2.13. The number of anilines is 1. The lowest BCUT2D eigenvalue weighted by atomic mass is 10.1. The van der Waals surface area contributed by atoms with Crippen LogP contribution in [-0.4, -0.2) is 15.3 Å². The highest BCUT2D eigenvalue weighted by Crippen LogP contribution is 2.13. The summed E-state index contributed by atoms with van der Waals surface area (Å²) in [5, 5.41) is 4.47. The molecule has 21 heavy (non-hydrogen) atoms. The molecular formula is C15H13N3O2S. The molecule has 0 atom stereocenters. The molecule has 0 saturated carbocycles. The van der Waals surface area contributed by atoms with E-state index in [9.17, 15) is 9.59 Å². The molecule has 0 aliphatic carbocycles. The fourth-order valence-electron chi connectivity index (χ4n) is 2.09. The molecule has 1 N–H and O–H groups in total. The summed E-state index contributed by atoms with van der Waals surface area (Å²) in [6, 6.07) is 9.40. The first-order valence-corrected chi connectivity index (χ1v) is 7.33. The Kier molecular flexibility index (Phi) is 3.53. The zero-order valence-corrected chi connectivity index (χ0v) is 12.2. The van der Waals surface area contributed by atoms with E-state index in [-0.39, 0.29) is 23.6 Å². The van der Waals surface area contributed by atoms with Crippen LogP contribution in [-0.2, 0) is 11.2 Å². The van der Waals surface area contributed by atoms with Gasteiger partial charge in [0.1, 0.15) is 5.69 Å². The van der Waals surface area contributed by atoms with Crippen LogP contribution in [0.3, 0.4) is 0 Å². The van der Waals surface area contributed by atoms with Gasteiger partial charge < -0.3 is 5.32 Å². The number of thiazole rings is 1. The summed E-state index contributed by atoms with van der Waals surface area (Å²) >= 11 is 1.39. The third kappa shape index (κ3) is 2.71. The van der Waals surface area contributed by atoms with Crippen molar-refractivity contribution in [2.24, 2.45) is 0 Å². The molecule has 0 radical (unpaired) electrons. The van der Waals surface area contributed by atoms with Gasteiger partial charge in [0.05, 0.1) is 12.1 Å². The van der Waals surface area contributed by atoms with Crippen LogP contribution in [0.25, 0.3) is 4.96 Å². The normalized spacial score (nSPS) is 10.7. The lowest BCUT2D eigenvalue weighted by molar-refractivity contribution is -0.115. The van der Waals surface area contributed by atoms with E-state index in [4.69, 9.17) is 0 Å². The van der Waals surface area contributed by atoms with Crippen molar-refractivity contribution in [3.05, 3.63) is 63.5 Å². The molecule has 0 aliphatic heterocycles. The molecular weight excluding hydrogens is 286 g/mol. The van der Waals surface area contributed by atoms with Gasteiger partial charge in [0, 0.05) is 11.6 Å². The Morgan fingerprint density at radius 2 is 2.10 bits per heavy atom. The van der Waals surface area contributed by atoms with Crippen molar-refractivity contribution >= 4 is 27.9 Å². The number of nitrogens with zero attached hydrogens (tertiary/aromatic N) is 2. The SMILES string of the molecule is Cc1nc2sccn2c(=O)c1NC(=O)Cc1ccccc1. The van der Waals surface area contributed by atoms with E-state index in [2.05, 4.69) is 10.3 Å². The molecule has 3 rings (SSSR count). The first-order valence-electron chi connectivity index (χ1n) is 6.45. The van der Waals surface area contributed by atoms with Crippen molar-refractivity contribution < 1.29 is 4.79 Å². The first kappa shape index (κ1) is 13.5. The van der Waals surface area contributed by atoms with E-state index in [1.807, 2.05) is 30.3 Å². The number of amides is 1. The van der Waals surface area contributed by atoms with Gasteiger partial charge in [-0.2, -0.15) is 0 Å². The van der Waals surface area contributed by atoms with E-state index in [0.717, 1.165) is 5.56 Å². The molecule has 1 amide bonds. The molecule has 106 valence electrons. The van der Waals surface area contributed by atoms with Crippen LogP contribution in [0.1, 0.15) is 11.3 Å². The van der Waals surface area contributed by atoms with Gasteiger partial charge in [0.2, 0.25) is 5.91 Å². The van der Waals surface area contributed by atoms with Crippen molar-refractivity contribution in [2.45, 2.75) is 13.3 Å². The van der Waals surface area contributed by atoms with Crippen LogP contribution in [0.4, 0.5) is 5.69 Å². The van der Waals surface area contributed by atoms with Crippen molar-refractivity contribution in [1.29, 1.82) is 0 Å². The number of carbonyl (C=O) groups is 1. The van der Waals surface area contributed by atoms with Crippen LogP contribution >= 0.6 is 11.3 Å². The molecule has 0 saturated heterocycles. The average molecular weight is 299 g/mol. The first-order chi connectivity index (χ1) is 10.1. The van der Waals surface area contributed by atoms with Crippen molar-refractivity contribution in [2.75, 3.05) is 5.32 Å². The van der Waals surface area contributed by atoms with E-state index < -0.39 is 0 Å². The summed E-state index contributed by atoms with van der Waals surface area (Å²) in [7, 11) is 0. The number of aromatic nitrogens is 2. The molecule has 3 aromatic rings.